The average Bonchev–Trinajstić information content (AvgIpc) is 3.46. The minimum atomic E-state index is -0.678. The van der Waals surface area contributed by atoms with Crippen molar-refractivity contribution < 1.29 is 19.8 Å². The highest BCUT2D eigenvalue weighted by atomic mass is 16.7. The number of rotatable bonds is 16. The minimum absolute atomic E-state index is 0.0663. The van der Waals surface area contributed by atoms with Crippen LogP contribution in [0.2, 0.25) is 0 Å². The number of aliphatic hydroxyl groups excluding tert-OH is 2. The Labute approximate surface area is 256 Å². The van der Waals surface area contributed by atoms with Gasteiger partial charge in [-0.2, -0.15) is 5.48 Å². The van der Waals surface area contributed by atoms with E-state index in [1.165, 1.54) is 83.5 Å². The molecule has 0 bridgehead atoms. The first-order valence-electron chi connectivity index (χ1n) is 17.5. The number of piperidine rings is 1. The zero-order valence-corrected chi connectivity index (χ0v) is 27.2. The predicted octanol–water partition coefficient (Wildman–Crippen LogP) is 5.02. The molecule has 4 unspecified atom stereocenters. The van der Waals surface area contributed by atoms with Crippen molar-refractivity contribution in [3.05, 3.63) is 12.2 Å². The van der Waals surface area contributed by atoms with Gasteiger partial charge in [0.2, 0.25) is 0 Å². The third kappa shape index (κ3) is 10.5. The second kappa shape index (κ2) is 17.2. The summed E-state index contributed by atoms with van der Waals surface area (Å²) in [5.74, 6) is 2.41. The molecule has 0 radical (unpaired) electrons. The van der Waals surface area contributed by atoms with Crippen LogP contribution in [-0.4, -0.2) is 90.7 Å². The number of hydrogen-bond acceptors (Lipinski definition) is 8. The van der Waals surface area contributed by atoms with Crippen molar-refractivity contribution >= 4 is 0 Å². The van der Waals surface area contributed by atoms with Gasteiger partial charge >= 0.3 is 0 Å². The number of hydrogen-bond donors (Lipinski definition) is 4. The van der Waals surface area contributed by atoms with Gasteiger partial charge in [-0.3, -0.25) is 20.0 Å². The van der Waals surface area contributed by atoms with E-state index in [4.69, 9.17) is 9.57 Å². The third-order valence-corrected chi connectivity index (χ3v) is 11.0. The van der Waals surface area contributed by atoms with Gasteiger partial charge in [-0.25, -0.2) is 0 Å². The molecule has 0 aromatic rings. The molecule has 4 N–H and O–H groups in total. The molecule has 8 nitrogen and oxygen atoms in total. The van der Waals surface area contributed by atoms with Gasteiger partial charge in [-0.05, 0) is 67.3 Å². The molecule has 4 fully saturated rings. The molecule has 4 rings (SSSR count). The van der Waals surface area contributed by atoms with E-state index in [1.807, 2.05) is 0 Å². The standard InChI is InChI=1S/C34H64N4O4/c1-5-34(3,4)33(40)26(2)30(24-41-23-29-14-10-7-11-15-29)42-36-31-21-37(25-35-31)22-32(39)38-18-16-28(17-19-38)20-27-12-8-6-9-13-27/h27-33,35-36,39-40H,2,5-25H2,1,3-4H3. The summed E-state index contributed by atoms with van der Waals surface area (Å²) in [6, 6.07) is 0. The molecule has 0 aromatic heterocycles. The van der Waals surface area contributed by atoms with Gasteiger partial charge in [0.25, 0.3) is 0 Å². The smallest absolute Gasteiger partial charge is 0.126 e. The lowest BCUT2D eigenvalue weighted by Crippen LogP contribution is -2.48. The van der Waals surface area contributed by atoms with Crippen molar-refractivity contribution in [2.45, 2.75) is 135 Å². The van der Waals surface area contributed by atoms with Gasteiger partial charge < -0.3 is 14.9 Å². The summed E-state index contributed by atoms with van der Waals surface area (Å²) in [4.78, 5) is 10.7. The van der Waals surface area contributed by atoms with Gasteiger partial charge in [0.05, 0.1) is 18.9 Å². The summed E-state index contributed by atoms with van der Waals surface area (Å²) in [7, 11) is 0. The first-order chi connectivity index (χ1) is 20.2. The SMILES string of the molecule is C=C(C(COCC1CCCCC1)ONC1CN(CC(O)N2CCC(CC3CCCCC3)CC2)CN1)C(O)C(C)(C)CC. The fourth-order valence-electron chi connectivity index (χ4n) is 7.52. The number of aliphatic hydroxyl groups is 2. The third-order valence-electron chi connectivity index (χ3n) is 11.0. The Bertz CT molecular complexity index is 778. The van der Waals surface area contributed by atoms with Crippen molar-refractivity contribution in [3.8, 4) is 0 Å². The van der Waals surface area contributed by atoms with Gasteiger partial charge in [-0.15, -0.1) is 0 Å². The van der Waals surface area contributed by atoms with Crippen LogP contribution in [-0.2, 0) is 9.57 Å². The Morgan fingerprint density at radius 1 is 0.952 bits per heavy atom. The van der Waals surface area contributed by atoms with Crippen molar-refractivity contribution in [2.75, 3.05) is 46.1 Å². The van der Waals surface area contributed by atoms with Crippen LogP contribution < -0.4 is 10.8 Å². The Hall–Kier alpha value is -0.580. The molecular weight excluding hydrogens is 528 g/mol. The molecule has 0 aromatic carbocycles. The lowest BCUT2D eigenvalue weighted by molar-refractivity contribution is -0.0830. The van der Waals surface area contributed by atoms with Crippen LogP contribution in [0.15, 0.2) is 12.2 Å². The molecule has 4 aliphatic rings. The second-order valence-corrected chi connectivity index (χ2v) is 14.7. The molecule has 8 heteroatoms. The Morgan fingerprint density at radius 3 is 2.21 bits per heavy atom. The van der Waals surface area contributed by atoms with Crippen LogP contribution in [0.5, 0.6) is 0 Å². The fraction of sp³-hybridized carbons (Fsp3) is 0.941. The number of nitrogens with one attached hydrogen (secondary N) is 2. The highest BCUT2D eigenvalue weighted by Crippen LogP contribution is 2.34. The molecule has 0 amide bonds. The number of β-amino-alcohol motifs (C(OH)–C–C–N with tert-alkyl or cyclic N) is 1. The molecule has 4 atom stereocenters. The topological polar surface area (TPSA) is 89.5 Å². The van der Waals surface area contributed by atoms with Crippen molar-refractivity contribution in [2.24, 2.45) is 23.2 Å². The molecule has 2 saturated heterocycles. The van der Waals surface area contributed by atoms with E-state index in [-0.39, 0.29) is 11.6 Å². The summed E-state index contributed by atoms with van der Waals surface area (Å²) >= 11 is 0. The van der Waals surface area contributed by atoms with Crippen LogP contribution in [0, 0.1) is 23.2 Å². The van der Waals surface area contributed by atoms with E-state index in [2.05, 4.69) is 47.9 Å². The Morgan fingerprint density at radius 2 is 1.57 bits per heavy atom. The minimum Gasteiger partial charge on any atom is -0.388 e. The molecule has 2 aliphatic heterocycles. The largest absolute Gasteiger partial charge is 0.388 e. The van der Waals surface area contributed by atoms with E-state index < -0.39 is 18.4 Å². The van der Waals surface area contributed by atoms with Gasteiger partial charge in [0, 0.05) is 39.5 Å². The highest BCUT2D eigenvalue weighted by molar-refractivity contribution is 5.12. The second-order valence-electron chi connectivity index (χ2n) is 14.7. The number of hydroxylamine groups is 1. The number of nitrogens with zero attached hydrogens (tertiary/aromatic N) is 2. The van der Waals surface area contributed by atoms with E-state index in [0.717, 1.165) is 44.5 Å². The summed E-state index contributed by atoms with van der Waals surface area (Å²) in [5.41, 5.74) is 3.58. The fourth-order valence-corrected chi connectivity index (χ4v) is 7.52. The maximum Gasteiger partial charge on any atom is 0.126 e. The summed E-state index contributed by atoms with van der Waals surface area (Å²) in [6.07, 6.45) is 16.6. The van der Waals surface area contributed by atoms with Crippen LogP contribution in [0.25, 0.3) is 0 Å². The number of ether oxygens (including phenoxy) is 1. The highest BCUT2D eigenvalue weighted by Gasteiger charge is 2.34. The molecule has 0 spiro atoms. The molecular formula is C34H64N4O4. The van der Waals surface area contributed by atoms with E-state index in [9.17, 15) is 10.2 Å². The molecule has 244 valence electrons. The summed E-state index contributed by atoms with van der Waals surface area (Å²) < 4.78 is 6.15. The molecule has 2 aliphatic carbocycles. The van der Waals surface area contributed by atoms with E-state index in [0.29, 0.717) is 31.3 Å². The maximum atomic E-state index is 11.1. The van der Waals surface area contributed by atoms with Gasteiger partial charge in [0.15, 0.2) is 0 Å². The van der Waals surface area contributed by atoms with Crippen molar-refractivity contribution in [3.63, 3.8) is 0 Å². The van der Waals surface area contributed by atoms with Gasteiger partial charge in [0.1, 0.15) is 12.3 Å². The maximum absolute atomic E-state index is 11.1. The normalized spacial score (nSPS) is 26.8. The van der Waals surface area contributed by atoms with Crippen LogP contribution in [0.3, 0.4) is 0 Å². The van der Waals surface area contributed by atoms with E-state index >= 15 is 0 Å². The summed E-state index contributed by atoms with van der Waals surface area (Å²) in [5, 5.41) is 25.6. The predicted molar refractivity (Wildman–Crippen MR) is 169 cm³/mol. The molecule has 2 heterocycles. The monoisotopic (exact) mass is 592 g/mol. The average molecular weight is 593 g/mol. The molecule has 42 heavy (non-hydrogen) atoms. The quantitative estimate of drug-likeness (QED) is 0.147. The van der Waals surface area contributed by atoms with Crippen LogP contribution in [0.1, 0.15) is 111 Å². The Balaban J connectivity index is 1.18. The van der Waals surface area contributed by atoms with E-state index in [1.54, 1.807) is 0 Å². The first-order valence-corrected chi connectivity index (χ1v) is 17.5. The first kappa shape index (κ1) is 34.3. The lowest BCUT2D eigenvalue weighted by Gasteiger charge is -2.37. The van der Waals surface area contributed by atoms with Crippen LogP contribution >= 0.6 is 0 Å². The van der Waals surface area contributed by atoms with Gasteiger partial charge in [-0.1, -0.05) is 78.7 Å². The zero-order chi connectivity index (χ0) is 30.0. The molecule has 2 saturated carbocycles. The Kier molecular flexibility index (Phi) is 14.0. The lowest BCUT2D eigenvalue weighted by atomic mass is 9.79. The van der Waals surface area contributed by atoms with Crippen LogP contribution in [0.4, 0.5) is 0 Å². The summed E-state index contributed by atoms with van der Waals surface area (Å²) in [6.45, 7) is 15.7. The van der Waals surface area contributed by atoms with Crippen molar-refractivity contribution in [1.82, 2.24) is 20.6 Å². The zero-order valence-electron chi connectivity index (χ0n) is 27.2. The van der Waals surface area contributed by atoms with Crippen molar-refractivity contribution in [1.29, 1.82) is 0 Å². The number of likely N-dealkylation sites (tertiary alicyclic amines) is 1.